The van der Waals surface area contributed by atoms with Crippen LogP contribution < -0.4 is 0 Å². The van der Waals surface area contributed by atoms with Crippen LogP contribution in [0.4, 0.5) is 0 Å². The predicted molar refractivity (Wildman–Crippen MR) is 96.2 cm³/mol. The van der Waals surface area contributed by atoms with Crippen molar-refractivity contribution < 1.29 is 4.52 Å². The van der Waals surface area contributed by atoms with Gasteiger partial charge in [-0.1, -0.05) is 29.4 Å². The van der Waals surface area contributed by atoms with E-state index >= 15 is 0 Å². The van der Waals surface area contributed by atoms with Gasteiger partial charge >= 0.3 is 0 Å². The van der Waals surface area contributed by atoms with Crippen molar-refractivity contribution in [2.75, 3.05) is 0 Å². The fourth-order valence-corrected chi connectivity index (χ4v) is 3.91. The lowest BCUT2D eigenvalue weighted by Crippen LogP contribution is -1.83. The Hall–Kier alpha value is -2.38. The lowest BCUT2D eigenvalue weighted by atomic mass is 10.1. The molecule has 0 radical (unpaired) electrons. The van der Waals surface area contributed by atoms with Gasteiger partial charge in [-0.05, 0) is 20.8 Å². The normalized spacial score (nSPS) is 11.1. The summed E-state index contributed by atoms with van der Waals surface area (Å²) in [6.45, 7) is 5.93. The number of hydrogen-bond donors (Lipinski definition) is 0. The molecule has 0 spiro atoms. The Morgan fingerprint density at radius 3 is 2.25 bits per heavy atom. The molecule has 0 unspecified atom stereocenters. The number of hydrogen-bond acceptors (Lipinski definition) is 7. The fraction of sp³-hybridized carbons (Fsp3) is 0.176. The van der Waals surface area contributed by atoms with Crippen LogP contribution in [0.15, 0.2) is 34.2 Å². The number of rotatable bonds is 3. The van der Waals surface area contributed by atoms with E-state index in [0.717, 1.165) is 37.4 Å². The van der Waals surface area contributed by atoms with Gasteiger partial charge in [-0.3, -0.25) is 0 Å². The second-order valence-corrected chi connectivity index (χ2v) is 7.67. The Kier molecular flexibility index (Phi) is 3.74. The summed E-state index contributed by atoms with van der Waals surface area (Å²) in [5.74, 6) is 1.10. The molecule has 3 heterocycles. The molecule has 1 aromatic carbocycles. The number of benzene rings is 1. The Morgan fingerprint density at radius 1 is 0.875 bits per heavy atom. The summed E-state index contributed by atoms with van der Waals surface area (Å²) in [5.41, 5.74) is 3.91. The summed E-state index contributed by atoms with van der Waals surface area (Å²) < 4.78 is 5.42. The molecule has 0 N–H and O–H groups in total. The SMILES string of the molecule is Cc1nc(-c2ccc(-c3noc(-c4sc(C)nc4C)n3)cc2)cs1. The molecule has 0 aliphatic heterocycles. The molecule has 5 nitrogen and oxygen atoms in total. The molecular formula is C17H14N4OS2. The van der Waals surface area contributed by atoms with Gasteiger partial charge in [-0.2, -0.15) is 4.98 Å². The van der Waals surface area contributed by atoms with Gasteiger partial charge in [0.25, 0.3) is 5.89 Å². The lowest BCUT2D eigenvalue weighted by molar-refractivity contribution is 0.433. The number of aryl methyl sites for hydroxylation is 3. The molecule has 4 aromatic rings. The molecule has 24 heavy (non-hydrogen) atoms. The van der Waals surface area contributed by atoms with Crippen LogP contribution in [0.1, 0.15) is 15.7 Å². The number of thiazole rings is 2. The fourth-order valence-electron chi connectivity index (χ4n) is 2.45. The Morgan fingerprint density at radius 2 is 1.62 bits per heavy atom. The maximum atomic E-state index is 5.42. The molecule has 0 fully saturated rings. The first kappa shape index (κ1) is 15.2. The Bertz CT molecular complexity index is 998. The van der Waals surface area contributed by atoms with E-state index in [0.29, 0.717) is 11.7 Å². The summed E-state index contributed by atoms with van der Waals surface area (Å²) in [6, 6.07) is 8.04. The van der Waals surface area contributed by atoms with Crippen molar-refractivity contribution in [3.05, 3.63) is 45.4 Å². The number of nitrogens with zero attached hydrogens (tertiary/aromatic N) is 4. The zero-order valence-electron chi connectivity index (χ0n) is 13.4. The molecule has 0 saturated heterocycles. The highest BCUT2D eigenvalue weighted by Crippen LogP contribution is 2.30. The van der Waals surface area contributed by atoms with E-state index in [9.17, 15) is 0 Å². The third-order valence-electron chi connectivity index (χ3n) is 3.58. The van der Waals surface area contributed by atoms with E-state index in [4.69, 9.17) is 4.52 Å². The third kappa shape index (κ3) is 2.76. The topological polar surface area (TPSA) is 64.7 Å². The molecule has 0 bridgehead atoms. The zero-order chi connectivity index (χ0) is 16.7. The molecule has 3 aromatic heterocycles. The van der Waals surface area contributed by atoms with Crippen LogP contribution in [0.2, 0.25) is 0 Å². The van der Waals surface area contributed by atoms with Crippen molar-refractivity contribution in [1.82, 2.24) is 20.1 Å². The van der Waals surface area contributed by atoms with Crippen LogP contribution in [-0.2, 0) is 0 Å². The van der Waals surface area contributed by atoms with Gasteiger partial charge < -0.3 is 4.52 Å². The summed E-state index contributed by atoms with van der Waals surface area (Å²) in [4.78, 5) is 14.3. The first-order chi connectivity index (χ1) is 11.6. The molecule has 0 amide bonds. The van der Waals surface area contributed by atoms with Crippen LogP contribution in [0.5, 0.6) is 0 Å². The summed E-state index contributed by atoms with van der Waals surface area (Å²) in [6.07, 6.45) is 0. The quantitative estimate of drug-likeness (QED) is 0.523. The predicted octanol–water partition coefficient (Wildman–Crippen LogP) is 4.91. The summed E-state index contributed by atoms with van der Waals surface area (Å²) in [7, 11) is 0. The second kappa shape index (κ2) is 5.92. The van der Waals surface area contributed by atoms with Crippen molar-refractivity contribution in [2.24, 2.45) is 0 Å². The van der Waals surface area contributed by atoms with Gasteiger partial charge in [0.15, 0.2) is 0 Å². The minimum atomic E-state index is 0.521. The van der Waals surface area contributed by atoms with E-state index in [2.05, 4.69) is 25.5 Å². The maximum absolute atomic E-state index is 5.42. The van der Waals surface area contributed by atoms with Crippen molar-refractivity contribution in [3.63, 3.8) is 0 Å². The van der Waals surface area contributed by atoms with Crippen molar-refractivity contribution in [2.45, 2.75) is 20.8 Å². The van der Waals surface area contributed by atoms with Gasteiger partial charge in [-0.25, -0.2) is 9.97 Å². The Labute approximate surface area is 147 Å². The van der Waals surface area contributed by atoms with E-state index in [1.807, 2.05) is 45.0 Å². The molecular weight excluding hydrogens is 340 g/mol. The molecule has 7 heteroatoms. The largest absolute Gasteiger partial charge is 0.333 e. The smallest absolute Gasteiger partial charge is 0.270 e. The van der Waals surface area contributed by atoms with Gasteiger partial charge in [0.1, 0.15) is 4.88 Å². The molecule has 0 atom stereocenters. The first-order valence-electron chi connectivity index (χ1n) is 7.41. The lowest BCUT2D eigenvalue weighted by Gasteiger charge is -1.98. The van der Waals surface area contributed by atoms with Crippen LogP contribution in [0.3, 0.4) is 0 Å². The second-order valence-electron chi connectivity index (χ2n) is 5.40. The van der Waals surface area contributed by atoms with E-state index < -0.39 is 0 Å². The van der Waals surface area contributed by atoms with Gasteiger partial charge in [-0.15, -0.1) is 22.7 Å². The zero-order valence-corrected chi connectivity index (χ0v) is 15.0. The minimum absolute atomic E-state index is 0.521. The first-order valence-corrected chi connectivity index (χ1v) is 9.11. The van der Waals surface area contributed by atoms with Crippen LogP contribution in [0, 0.1) is 20.8 Å². The summed E-state index contributed by atoms with van der Waals surface area (Å²) in [5, 5.41) is 8.21. The van der Waals surface area contributed by atoms with Crippen LogP contribution >= 0.6 is 22.7 Å². The average Bonchev–Trinajstić information content (AvgIpc) is 3.28. The number of aromatic nitrogens is 4. The van der Waals surface area contributed by atoms with Crippen molar-refractivity contribution >= 4 is 22.7 Å². The van der Waals surface area contributed by atoms with Gasteiger partial charge in [0, 0.05) is 16.5 Å². The highest BCUT2D eigenvalue weighted by molar-refractivity contribution is 7.15. The van der Waals surface area contributed by atoms with Crippen LogP contribution in [0.25, 0.3) is 33.4 Å². The average molecular weight is 354 g/mol. The van der Waals surface area contributed by atoms with E-state index in [-0.39, 0.29) is 0 Å². The monoisotopic (exact) mass is 354 g/mol. The highest BCUT2D eigenvalue weighted by Gasteiger charge is 2.16. The standard InChI is InChI=1S/C17H14N4OS2/c1-9-15(24-11(3)18-9)17-20-16(21-22-17)13-6-4-12(5-7-13)14-8-23-10(2)19-14/h4-8H,1-3H3. The van der Waals surface area contributed by atoms with Crippen LogP contribution in [-0.4, -0.2) is 20.1 Å². The van der Waals surface area contributed by atoms with Crippen molar-refractivity contribution in [3.8, 4) is 33.4 Å². The molecule has 0 aliphatic rings. The van der Waals surface area contributed by atoms with Crippen molar-refractivity contribution in [1.29, 1.82) is 0 Å². The molecule has 4 rings (SSSR count). The summed E-state index contributed by atoms with van der Waals surface area (Å²) >= 11 is 3.21. The molecule has 0 saturated carbocycles. The van der Waals surface area contributed by atoms with Gasteiger partial charge in [0.05, 0.1) is 21.4 Å². The van der Waals surface area contributed by atoms with E-state index in [1.165, 1.54) is 0 Å². The molecule has 120 valence electrons. The maximum Gasteiger partial charge on any atom is 0.270 e. The van der Waals surface area contributed by atoms with Gasteiger partial charge in [0.2, 0.25) is 5.82 Å². The molecule has 0 aliphatic carbocycles. The highest BCUT2D eigenvalue weighted by atomic mass is 32.1. The van der Waals surface area contributed by atoms with E-state index in [1.54, 1.807) is 22.7 Å². The third-order valence-corrected chi connectivity index (χ3v) is 5.42. The minimum Gasteiger partial charge on any atom is -0.333 e. The Balaban J connectivity index is 1.64.